The van der Waals surface area contributed by atoms with E-state index in [1.165, 1.54) is 0 Å². The molecule has 2 unspecified atom stereocenters. The van der Waals surface area contributed by atoms with E-state index in [9.17, 15) is 9.90 Å². The van der Waals surface area contributed by atoms with Crippen molar-refractivity contribution < 1.29 is 19.4 Å². The molecule has 2 heterocycles. The second kappa shape index (κ2) is 7.25. The van der Waals surface area contributed by atoms with Gasteiger partial charge >= 0.3 is 5.97 Å². The quantitative estimate of drug-likeness (QED) is 0.787. The lowest BCUT2D eigenvalue weighted by molar-refractivity contribution is -0.170. The Labute approximate surface area is 157 Å². The highest BCUT2D eigenvalue weighted by Gasteiger charge is 2.42. The fourth-order valence-corrected chi connectivity index (χ4v) is 4.39. The monoisotopic (exact) mass is 411 g/mol. The number of carboxylic acid groups (broad SMARTS) is 1. The van der Waals surface area contributed by atoms with E-state index in [2.05, 4.69) is 41.6 Å². The number of aromatic carboxylic acids is 1. The van der Waals surface area contributed by atoms with Crippen LogP contribution in [0, 0.1) is 0 Å². The van der Waals surface area contributed by atoms with Crippen LogP contribution in [0.25, 0.3) is 0 Å². The summed E-state index contributed by atoms with van der Waals surface area (Å²) in [4.78, 5) is 13.8. The minimum absolute atomic E-state index is 0.145. The molecule has 0 radical (unpaired) electrons. The zero-order chi connectivity index (χ0) is 18.2. The van der Waals surface area contributed by atoms with E-state index in [-0.39, 0.29) is 11.7 Å². The number of nitrogens with zero attached hydrogens (tertiary/aromatic N) is 1. The van der Waals surface area contributed by atoms with Crippen molar-refractivity contribution in [1.29, 1.82) is 0 Å². The highest BCUT2D eigenvalue weighted by molar-refractivity contribution is 9.10. The van der Waals surface area contributed by atoms with Crippen LogP contribution < -0.4 is 4.90 Å². The molecule has 0 bridgehead atoms. The smallest absolute Gasteiger partial charge is 0.335 e. The molecular weight excluding hydrogens is 386 g/mol. The molecule has 0 aliphatic carbocycles. The molecule has 2 atom stereocenters. The van der Waals surface area contributed by atoms with Crippen LogP contribution in [0.1, 0.15) is 56.0 Å². The molecule has 138 valence electrons. The van der Waals surface area contributed by atoms with Gasteiger partial charge in [0.2, 0.25) is 0 Å². The molecule has 0 aromatic heterocycles. The Morgan fingerprint density at radius 2 is 2.24 bits per heavy atom. The topological polar surface area (TPSA) is 59.0 Å². The largest absolute Gasteiger partial charge is 0.478 e. The normalized spacial score (nSPS) is 26.1. The number of fused-ring (bicyclic) bond motifs is 1. The first-order valence-electron chi connectivity index (χ1n) is 8.89. The summed E-state index contributed by atoms with van der Waals surface area (Å²) in [5, 5.41) is 9.43. The second-order valence-corrected chi connectivity index (χ2v) is 8.40. The summed E-state index contributed by atoms with van der Waals surface area (Å²) in [6, 6.07) is 3.81. The molecule has 1 aromatic carbocycles. The van der Waals surface area contributed by atoms with Gasteiger partial charge in [-0.05, 0) is 66.7 Å². The predicted molar refractivity (Wildman–Crippen MR) is 100 cm³/mol. The molecule has 25 heavy (non-hydrogen) atoms. The lowest BCUT2D eigenvalue weighted by atomic mass is 9.84. The molecule has 0 amide bonds. The summed E-state index contributed by atoms with van der Waals surface area (Å²) in [6.45, 7) is 8.52. The summed E-state index contributed by atoms with van der Waals surface area (Å²) in [5.41, 5.74) is 2.14. The Balaban J connectivity index is 1.91. The number of halogens is 1. The van der Waals surface area contributed by atoms with Gasteiger partial charge in [-0.3, -0.25) is 0 Å². The summed E-state index contributed by atoms with van der Waals surface area (Å²) in [6.07, 6.45) is 3.00. The molecule has 1 saturated heterocycles. The van der Waals surface area contributed by atoms with Crippen molar-refractivity contribution in [2.45, 2.75) is 57.8 Å². The van der Waals surface area contributed by atoms with Crippen molar-refractivity contribution in [1.82, 2.24) is 0 Å². The number of rotatable bonds is 5. The minimum Gasteiger partial charge on any atom is -0.478 e. The number of benzene rings is 1. The third-order valence-electron chi connectivity index (χ3n) is 5.12. The van der Waals surface area contributed by atoms with Crippen molar-refractivity contribution in [2.75, 3.05) is 24.7 Å². The summed E-state index contributed by atoms with van der Waals surface area (Å²) < 4.78 is 12.6. The van der Waals surface area contributed by atoms with Crippen LogP contribution in [-0.4, -0.2) is 43.2 Å². The Hall–Kier alpha value is -1.11. The van der Waals surface area contributed by atoms with Crippen molar-refractivity contribution in [3.05, 3.63) is 27.7 Å². The molecule has 1 N–H and O–H groups in total. The van der Waals surface area contributed by atoms with E-state index in [4.69, 9.17) is 9.47 Å². The van der Waals surface area contributed by atoms with Gasteiger partial charge in [0.1, 0.15) is 0 Å². The molecule has 2 aliphatic rings. The minimum atomic E-state index is -0.912. The Morgan fingerprint density at radius 1 is 1.48 bits per heavy atom. The SMILES string of the molecule is CC(C)N1CC(C)(COC2CCCCO2)c2cc(C(=O)O)cc(Br)c21. The number of carbonyl (C=O) groups is 1. The number of hydrogen-bond acceptors (Lipinski definition) is 4. The van der Waals surface area contributed by atoms with E-state index in [1.54, 1.807) is 12.1 Å². The summed E-state index contributed by atoms with van der Waals surface area (Å²) in [7, 11) is 0. The number of carboxylic acids is 1. The first-order chi connectivity index (χ1) is 11.8. The van der Waals surface area contributed by atoms with Gasteiger partial charge < -0.3 is 19.5 Å². The van der Waals surface area contributed by atoms with Gasteiger partial charge in [-0.15, -0.1) is 0 Å². The Bertz CT molecular complexity index is 657. The molecule has 5 nitrogen and oxygen atoms in total. The molecule has 6 heteroatoms. The summed E-state index contributed by atoms with van der Waals surface area (Å²) in [5.74, 6) is -0.912. The van der Waals surface area contributed by atoms with Crippen LogP contribution >= 0.6 is 15.9 Å². The molecule has 3 rings (SSSR count). The molecule has 0 saturated carbocycles. The van der Waals surface area contributed by atoms with E-state index < -0.39 is 5.97 Å². The Morgan fingerprint density at radius 3 is 2.84 bits per heavy atom. The fraction of sp³-hybridized carbons (Fsp3) is 0.632. The third-order valence-corrected chi connectivity index (χ3v) is 5.72. The van der Waals surface area contributed by atoms with Crippen LogP contribution in [0.4, 0.5) is 5.69 Å². The first-order valence-corrected chi connectivity index (χ1v) is 9.68. The van der Waals surface area contributed by atoms with Crippen molar-refractivity contribution in [2.24, 2.45) is 0 Å². The lowest BCUT2D eigenvalue weighted by Crippen LogP contribution is -2.39. The highest BCUT2D eigenvalue weighted by Crippen LogP contribution is 2.46. The standard InChI is InChI=1S/C19H26BrNO4/c1-12(2)21-10-19(3,11-25-16-6-4-5-7-24-16)14-8-13(18(22)23)9-15(20)17(14)21/h8-9,12,16H,4-7,10-11H2,1-3H3,(H,22,23). The molecule has 0 spiro atoms. The predicted octanol–water partition coefficient (Wildman–Crippen LogP) is 4.18. The lowest BCUT2D eigenvalue weighted by Gasteiger charge is -2.31. The van der Waals surface area contributed by atoms with Gasteiger partial charge in [-0.25, -0.2) is 4.79 Å². The van der Waals surface area contributed by atoms with E-state index in [1.807, 2.05) is 0 Å². The highest BCUT2D eigenvalue weighted by atomic mass is 79.9. The van der Waals surface area contributed by atoms with E-state index in [0.29, 0.717) is 18.2 Å². The number of ether oxygens (including phenoxy) is 2. The maximum Gasteiger partial charge on any atom is 0.335 e. The van der Waals surface area contributed by atoms with Gasteiger partial charge in [-0.1, -0.05) is 6.92 Å². The first kappa shape index (κ1) is 18.7. The van der Waals surface area contributed by atoms with Gasteiger partial charge in [0, 0.05) is 29.1 Å². The molecular formula is C19H26BrNO4. The second-order valence-electron chi connectivity index (χ2n) is 7.55. The maximum absolute atomic E-state index is 11.5. The molecule has 1 fully saturated rings. The van der Waals surface area contributed by atoms with Crippen LogP contribution in [0.3, 0.4) is 0 Å². The number of hydrogen-bond donors (Lipinski definition) is 1. The van der Waals surface area contributed by atoms with Crippen molar-refractivity contribution in [3.63, 3.8) is 0 Å². The maximum atomic E-state index is 11.5. The Kier molecular flexibility index (Phi) is 5.42. The molecule has 2 aliphatic heterocycles. The molecule has 1 aromatic rings. The third kappa shape index (κ3) is 3.71. The zero-order valence-corrected chi connectivity index (χ0v) is 16.6. The van der Waals surface area contributed by atoms with E-state index in [0.717, 1.165) is 48.1 Å². The van der Waals surface area contributed by atoms with Crippen LogP contribution in [0.2, 0.25) is 0 Å². The average molecular weight is 412 g/mol. The van der Waals surface area contributed by atoms with Crippen molar-refractivity contribution in [3.8, 4) is 0 Å². The fourth-order valence-electron chi connectivity index (χ4n) is 3.70. The van der Waals surface area contributed by atoms with E-state index >= 15 is 0 Å². The zero-order valence-electron chi connectivity index (χ0n) is 15.0. The van der Waals surface area contributed by atoms with Crippen LogP contribution in [-0.2, 0) is 14.9 Å². The average Bonchev–Trinajstić information content (AvgIpc) is 2.88. The van der Waals surface area contributed by atoms with Crippen LogP contribution in [0.15, 0.2) is 16.6 Å². The van der Waals surface area contributed by atoms with Gasteiger partial charge in [0.15, 0.2) is 6.29 Å². The number of anilines is 1. The van der Waals surface area contributed by atoms with Gasteiger partial charge in [0.05, 0.1) is 17.9 Å². The van der Waals surface area contributed by atoms with Gasteiger partial charge in [0.25, 0.3) is 0 Å². The van der Waals surface area contributed by atoms with Gasteiger partial charge in [-0.2, -0.15) is 0 Å². The van der Waals surface area contributed by atoms with Crippen molar-refractivity contribution >= 4 is 27.6 Å². The van der Waals surface area contributed by atoms with Crippen LogP contribution in [0.5, 0.6) is 0 Å². The summed E-state index contributed by atoms with van der Waals surface area (Å²) >= 11 is 3.58.